The van der Waals surface area contributed by atoms with Gasteiger partial charge < -0.3 is 0 Å². The van der Waals surface area contributed by atoms with Gasteiger partial charge in [-0.15, -0.1) is 0 Å². The summed E-state index contributed by atoms with van der Waals surface area (Å²) in [6.45, 7) is 4.90. The average Bonchev–Trinajstić information content (AvgIpc) is 2.32. The Hall–Kier alpha value is -0.850. The monoisotopic (exact) mass is 291 g/mol. The number of nitrogens with one attached hydrogen (secondary N) is 1. The summed E-state index contributed by atoms with van der Waals surface area (Å²) in [7, 11) is -3.51. The fraction of sp³-hybridized carbons (Fsp3) is 0.545. The van der Waals surface area contributed by atoms with Gasteiger partial charge in [-0.1, -0.05) is 25.4 Å². The molecular weight excluding hydrogens is 274 g/mol. The predicted molar refractivity (Wildman–Crippen MR) is 73.9 cm³/mol. The van der Waals surface area contributed by atoms with E-state index in [0.717, 1.165) is 12.8 Å². The van der Waals surface area contributed by atoms with Gasteiger partial charge in [-0.25, -0.2) is 4.98 Å². The summed E-state index contributed by atoms with van der Waals surface area (Å²) in [5.74, 6) is 0. The lowest BCUT2D eigenvalue weighted by Crippen LogP contribution is -2.37. The van der Waals surface area contributed by atoms with Gasteiger partial charge in [-0.2, -0.15) is 12.7 Å². The molecule has 1 aromatic rings. The Morgan fingerprint density at radius 2 is 1.89 bits per heavy atom. The standard InChI is InChI=1S/C11H18ClN3O2S/c1-3-7-15(8-4-2)18(16,17)14-10-5-6-11(12)13-9-10/h5-6,9,14H,3-4,7-8H2,1-2H3. The summed E-state index contributed by atoms with van der Waals surface area (Å²) in [6.07, 6.45) is 2.95. The van der Waals surface area contributed by atoms with Crippen LogP contribution in [-0.2, 0) is 10.2 Å². The van der Waals surface area contributed by atoms with Crippen molar-refractivity contribution in [2.75, 3.05) is 17.8 Å². The molecule has 0 spiro atoms. The topological polar surface area (TPSA) is 62.3 Å². The summed E-state index contributed by atoms with van der Waals surface area (Å²) in [5, 5.41) is 0.330. The normalized spacial score (nSPS) is 11.8. The first-order valence-corrected chi connectivity index (χ1v) is 7.70. The minimum absolute atomic E-state index is 0.330. The van der Waals surface area contributed by atoms with Crippen LogP contribution in [0.25, 0.3) is 0 Å². The molecule has 0 aromatic carbocycles. The number of aromatic nitrogens is 1. The van der Waals surface area contributed by atoms with Gasteiger partial charge in [-0.3, -0.25) is 4.72 Å². The second kappa shape index (κ2) is 6.92. The zero-order valence-electron chi connectivity index (χ0n) is 10.6. The fourth-order valence-corrected chi connectivity index (χ4v) is 3.01. The quantitative estimate of drug-likeness (QED) is 0.785. The molecule has 0 radical (unpaired) electrons. The molecule has 0 aliphatic heterocycles. The van der Waals surface area contributed by atoms with Crippen molar-refractivity contribution in [2.45, 2.75) is 26.7 Å². The molecule has 1 aromatic heterocycles. The number of anilines is 1. The Bertz CT molecular complexity index is 456. The number of rotatable bonds is 7. The molecule has 102 valence electrons. The third-order valence-electron chi connectivity index (χ3n) is 2.26. The molecule has 0 unspecified atom stereocenters. The van der Waals surface area contributed by atoms with Crippen molar-refractivity contribution in [3.05, 3.63) is 23.5 Å². The van der Waals surface area contributed by atoms with Gasteiger partial charge >= 0.3 is 10.2 Å². The van der Waals surface area contributed by atoms with Crippen LogP contribution in [0.15, 0.2) is 18.3 Å². The molecule has 1 rings (SSSR count). The van der Waals surface area contributed by atoms with Crippen LogP contribution in [0.1, 0.15) is 26.7 Å². The van der Waals surface area contributed by atoms with Crippen LogP contribution in [-0.4, -0.2) is 30.8 Å². The van der Waals surface area contributed by atoms with Crippen LogP contribution in [0.5, 0.6) is 0 Å². The van der Waals surface area contributed by atoms with Gasteiger partial charge in [0.05, 0.1) is 11.9 Å². The number of halogens is 1. The number of pyridine rings is 1. The van der Waals surface area contributed by atoms with E-state index in [-0.39, 0.29) is 0 Å². The first-order valence-electron chi connectivity index (χ1n) is 5.89. The largest absolute Gasteiger partial charge is 0.301 e. The summed E-state index contributed by atoms with van der Waals surface area (Å²) in [5.41, 5.74) is 0.414. The van der Waals surface area contributed by atoms with Crippen LogP contribution >= 0.6 is 11.6 Å². The molecule has 7 heteroatoms. The second-order valence-corrected chi connectivity index (χ2v) is 5.93. The molecule has 0 amide bonds. The molecule has 1 heterocycles. The lowest BCUT2D eigenvalue weighted by molar-refractivity contribution is 0.413. The molecule has 0 fully saturated rings. The van der Waals surface area contributed by atoms with Gasteiger partial charge in [0.15, 0.2) is 0 Å². The van der Waals surface area contributed by atoms with E-state index >= 15 is 0 Å². The highest BCUT2D eigenvalue weighted by Gasteiger charge is 2.20. The number of hydrogen-bond donors (Lipinski definition) is 1. The Balaban J connectivity index is 2.81. The van der Waals surface area contributed by atoms with E-state index in [2.05, 4.69) is 9.71 Å². The highest BCUT2D eigenvalue weighted by atomic mass is 35.5. The summed E-state index contributed by atoms with van der Waals surface area (Å²) >= 11 is 5.65. The van der Waals surface area contributed by atoms with Gasteiger partial charge in [0.2, 0.25) is 0 Å². The van der Waals surface area contributed by atoms with Gasteiger partial charge in [0, 0.05) is 13.1 Å². The van der Waals surface area contributed by atoms with Crippen LogP contribution in [0.4, 0.5) is 5.69 Å². The van der Waals surface area contributed by atoms with Gasteiger partial charge in [0.1, 0.15) is 5.15 Å². The third kappa shape index (κ3) is 4.44. The van der Waals surface area contributed by atoms with E-state index in [9.17, 15) is 8.42 Å². The van der Waals surface area contributed by atoms with Crippen molar-refractivity contribution in [2.24, 2.45) is 0 Å². The average molecular weight is 292 g/mol. The van der Waals surface area contributed by atoms with E-state index in [0.29, 0.717) is 23.9 Å². The van der Waals surface area contributed by atoms with Crippen molar-refractivity contribution in [3.8, 4) is 0 Å². The summed E-state index contributed by atoms with van der Waals surface area (Å²) in [4.78, 5) is 3.83. The molecule has 18 heavy (non-hydrogen) atoms. The van der Waals surface area contributed by atoms with Crippen molar-refractivity contribution in [1.82, 2.24) is 9.29 Å². The first-order chi connectivity index (χ1) is 8.49. The Kier molecular flexibility index (Phi) is 5.84. The third-order valence-corrected chi connectivity index (χ3v) is 4.02. The van der Waals surface area contributed by atoms with Gasteiger partial charge in [0.25, 0.3) is 0 Å². The van der Waals surface area contributed by atoms with Crippen LogP contribution in [0.3, 0.4) is 0 Å². The molecule has 1 N–H and O–H groups in total. The highest BCUT2D eigenvalue weighted by molar-refractivity contribution is 7.90. The molecular formula is C11H18ClN3O2S. The molecule has 0 saturated heterocycles. The molecule has 0 aliphatic carbocycles. The maximum absolute atomic E-state index is 12.1. The molecule has 0 bridgehead atoms. The van der Waals surface area contributed by atoms with E-state index < -0.39 is 10.2 Å². The van der Waals surface area contributed by atoms with Crippen LogP contribution < -0.4 is 4.72 Å². The zero-order valence-corrected chi connectivity index (χ0v) is 12.1. The van der Waals surface area contributed by atoms with Crippen LogP contribution in [0, 0.1) is 0 Å². The Morgan fingerprint density at radius 1 is 1.28 bits per heavy atom. The second-order valence-electron chi connectivity index (χ2n) is 3.88. The minimum atomic E-state index is -3.51. The maximum Gasteiger partial charge on any atom is 0.301 e. The van der Waals surface area contributed by atoms with E-state index in [4.69, 9.17) is 11.6 Å². The van der Waals surface area contributed by atoms with Crippen LogP contribution in [0.2, 0.25) is 5.15 Å². The summed E-state index contributed by atoms with van der Waals surface area (Å²) < 4.78 is 28.2. The zero-order chi connectivity index (χ0) is 13.6. The predicted octanol–water partition coefficient (Wildman–Crippen LogP) is 2.51. The SMILES string of the molecule is CCCN(CCC)S(=O)(=O)Nc1ccc(Cl)nc1. The molecule has 0 atom stereocenters. The maximum atomic E-state index is 12.1. The number of nitrogens with zero attached hydrogens (tertiary/aromatic N) is 2. The van der Waals surface area contributed by atoms with Crippen molar-refractivity contribution in [3.63, 3.8) is 0 Å². The van der Waals surface area contributed by atoms with Crippen molar-refractivity contribution in [1.29, 1.82) is 0 Å². The van der Waals surface area contributed by atoms with E-state index in [1.807, 2.05) is 13.8 Å². The molecule has 0 aliphatic rings. The van der Waals surface area contributed by atoms with Crippen molar-refractivity contribution < 1.29 is 8.42 Å². The first kappa shape index (κ1) is 15.2. The minimum Gasteiger partial charge on any atom is -0.269 e. The Labute approximate surface area is 113 Å². The lowest BCUT2D eigenvalue weighted by atomic mass is 10.4. The Morgan fingerprint density at radius 3 is 2.33 bits per heavy atom. The van der Waals surface area contributed by atoms with E-state index in [1.54, 1.807) is 12.1 Å². The highest BCUT2D eigenvalue weighted by Crippen LogP contribution is 2.13. The smallest absolute Gasteiger partial charge is 0.269 e. The lowest BCUT2D eigenvalue weighted by Gasteiger charge is -2.21. The van der Waals surface area contributed by atoms with Crippen molar-refractivity contribution >= 4 is 27.5 Å². The van der Waals surface area contributed by atoms with E-state index in [1.165, 1.54) is 10.5 Å². The van der Waals surface area contributed by atoms with Gasteiger partial charge in [-0.05, 0) is 25.0 Å². The molecule has 5 nitrogen and oxygen atoms in total. The molecule has 0 saturated carbocycles. The summed E-state index contributed by atoms with van der Waals surface area (Å²) in [6, 6.07) is 3.13. The fourth-order valence-electron chi connectivity index (χ4n) is 1.50. The number of hydrogen-bond acceptors (Lipinski definition) is 3.